The van der Waals surface area contributed by atoms with Gasteiger partial charge in [0.05, 0.1) is 22.7 Å². The fourth-order valence-corrected chi connectivity index (χ4v) is 3.06. The summed E-state index contributed by atoms with van der Waals surface area (Å²) < 4.78 is 62.0. The van der Waals surface area contributed by atoms with E-state index in [2.05, 4.69) is 10.4 Å². The van der Waals surface area contributed by atoms with Crippen LogP contribution in [0.15, 0.2) is 28.1 Å². The molecule has 1 aromatic carbocycles. The zero-order valence-corrected chi connectivity index (χ0v) is 12.9. The van der Waals surface area contributed by atoms with Crippen molar-refractivity contribution in [3.8, 4) is 0 Å². The summed E-state index contributed by atoms with van der Waals surface area (Å²) in [6.45, 7) is 0.456. The predicted molar refractivity (Wildman–Crippen MR) is 76.6 cm³/mol. The monoisotopic (exact) mass is 355 g/mol. The maximum absolute atomic E-state index is 13.1. The molecule has 0 unspecified atom stereocenters. The summed E-state index contributed by atoms with van der Waals surface area (Å²) in [7, 11) is -3.78. The number of sulfone groups is 1. The Labute approximate surface area is 128 Å². The van der Waals surface area contributed by atoms with Gasteiger partial charge in [0, 0.05) is 12.0 Å². The number of nitrogens with zero attached hydrogens (tertiary/aromatic N) is 2. The van der Waals surface area contributed by atoms with Gasteiger partial charge in [0.15, 0.2) is 9.84 Å². The summed E-state index contributed by atoms with van der Waals surface area (Å²) in [5.41, 5.74) is 0.489. The summed E-state index contributed by atoms with van der Waals surface area (Å²) >= 11 is 1.18. The number of benzene rings is 1. The topological polar surface area (TPSA) is 82.0 Å². The van der Waals surface area contributed by atoms with Crippen molar-refractivity contribution in [1.29, 1.82) is 0 Å². The molecule has 1 aliphatic rings. The number of hydroxylamine groups is 1. The first-order valence-corrected chi connectivity index (χ1v) is 8.81. The van der Waals surface area contributed by atoms with E-state index in [1.165, 1.54) is 11.8 Å². The molecular formula is C11H12F3N3O3S2. The Balaban J connectivity index is 2.38. The molecule has 0 bridgehead atoms. The lowest BCUT2D eigenvalue weighted by atomic mass is 10.2. The van der Waals surface area contributed by atoms with Gasteiger partial charge in [-0.3, -0.25) is 15.6 Å². The number of halogens is 3. The van der Waals surface area contributed by atoms with Crippen LogP contribution in [0.2, 0.25) is 0 Å². The van der Waals surface area contributed by atoms with Gasteiger partial charge in [-0.15, -0.1) is 5.17 Å². The first kappa shape index (κ1) is 16.9. The molecule has 0 atom stereocenters. The molecular weight excluding hydrogens is 343 g/mol. The molecule has 0 spiro atoms. The minimum absolute atomic E-state index is 0.139. The van der Waals surface area contributed by atoms with Crippen molar-refractivity contribution >= 4 is 32.5 Å². The number of hydrazine groups is 1. The number of aliphatic imine (C=N–C) groups is 1. The Morgan fingerprint density at radius 2 is 2.09 bits per heavy atom. The van der Waals surface area contributed by atoms with Gasteiger partial charge in [0.25, 0.3) is 0 Å². The fraction of sp³-hybridized carbons (Fsp3) is 0.364. The Kier molecular flexibility index (Phi) is 4.59. The van der Waals surface area contributed by atoms with Crippen LogP contribution in [0.5, 0.6) is 0 Å². The van der Waals surface area contributed by atoms with Crippen LogP contribution < -0.4 is 5.43 Å². The van der Waals surface area contributed by atoms with E-state index < -0.39 is 32.2 Å². The van der Waals surface area contributed by atoms with Crippen LogP contribution >= 0.6 is 11.8 Å². The van der Waals surface area contributed by atoms with Crippen molar-refractivity contribution in [3.05, 3.63) is 23.8 Å². The van der Waals surface area contributed by atoms with E-state index in [0.717, 1.165) is 18.4 Å². The first-order chi connectivity index (χ1) is 10.1. The van der Waals surface area contributed by atoms with Gasteiger partial charge in [-0.2, -0.15) is 13.2 Å². The lowest BCUT2D eigenvalue weighted by molar-refractivity contribution is -0.137. The highest BCUT2D eigenvalue weighted by Crippen LogP contribution is 2.36. The third kappa shape index (κ3) is 3.84. The lowest BCUT2D eigenvalue weighted by Crippen LogP contribution is -2.31. The van der Waals surface area contributed by atoms with Crippen molar-refractivity contribution in [2.75, 3.05) is 24.0 Å². The second-order valence-electron chi connectivity index (χ2n) is 4.41. The molecule has 11 heteroatoms. The van der Waals surface area contributed by atoms with Crippen LogP contribution in [0.1, 0.15) is 5.56 Å². The van der Waals surface area contributed by atoms with Gasteiger partial charge in [-0.25, -0.2) is 8.42 Å². The third-order valence-corrected chi connectivity index (χ3v) is 4.76. The minimum Gasteiger partial charge on any atom is -0.272 e. The van der Waals surface area contributed by atoms with Crippen LogP contribution in [-0.2, 0) is 16.0 Å². The van der Waals surface area contributed by atoms with E-state index in [1.807, 2.05) is 0 Å². The standard InChI is InChI=1S/C11H12F3N3O3S2/c1-22(19,20)7-2-3-9(8(6-7)11(12,13)14)16-17(18)10-15-4-5-21-10/h2-3,6,16,18H,4-5H2,1H3. The van der Waals surface area contributed by atoms with Crippen LogP contribution in [0.25, 0.3) is 0 Å². The van der Waals surface area contributed by atoms with Crippen molar-refractivity contribution in [3.63, 3.8) is 0 Å². The van der Waals surface area contributed by atoms with E-state index in [0.29, 0.717) is 23.5 Å². The number of amidine groups is 1. The maximum Gasteiger partial charge on any atom is 0.418 e. The molecule has 0 aliphatic carbocycles. The van der Waals surface area contributed by atoms with Crippen molar-refractivity contribution < 1.29 is 26.8 Å². The van der Waals surface area contributed by atoms with E-state index in [-0.39, 0.29) is 5.17 Å². The molecule has 0 amide bonds. The van der Waals surface area contributed by atoms with Gasteiger partial charge in [-0.1, -0.05) is 11.8 Å². The number of alkyl halides is 3. The summed E-state index contributed by atoms with van der Waals surface area (Å²) in [6.07, 6.45) is -3.97. The molecule has 122 valence electrons. The van der Waals surface area contributed by atoms with Crippen molar-refractivity contribution in [2.45, 2.75) is 11.1 Å². The largest absolute Gasteiger partial charge is 0.418 e. The summed E-state index contributed by atoms with van der Waals surface area (Å²) in [5, 5.41) is 10.2. The van der Waals surface area contributed by atoms with E-state index in [1.54, 1.807) is 0 Å². The quantitative estimate of drug-likeness (QED) is 0.809. The van der Waals surface area contributed by atoms with Gasteiger partial charge in [0.1, 0.15) is 0 Å². The number of anilines is 1. The zero-order chi connectivity index (χ0) is 16.5. The highest BCUT2D eigenvalue weighted by Gasteiger charge is 2.35. The molecule has 22 heavy (non-hydrogen) atoms. The molecule has 0 aromatic heterocycles. The molecule has 1 heterocycles. The van der Waals surface area contributed by atoms with Crippen LogP contribution in [0.3, 0.4) is 0 Å². The highest BCUT2D eigenvalue weighted by atomic mass is 32.2. The molecule has 0 radical (unpaired) electrons. The lowest BCUT2D eigenvalue weighted by Gasteiger charge is -2.21. The fourth-order valence-electron chi connectivity index (χ4n) is 1.70. The first-order valence-electron chi connectivity index (χ1n) is 5.93. The number of hydrogen-bond acceptors (Lipinski definition) is 7. The number of thioether (sulfide) groups is 1. The van der Waals surface area contributed by atoms with E-state index in [9.17, 15) is 26.8 Å². The van der Waals surface area contributed by atoms with E-state index in [4.69, 9.17) is 0 Å². The molecule has 0 saturated carbocycles. The van der Waals surface area contributed by atoms with Gasteiger partial charge >= 0.3 is 6.18 Å². The smallest absolute Gasteiger partial charge is 0.272 e. The van der Waals surface area contributed by atoms with E-state index >= 15 is 0 Å². The average molecular weight is 355 g/mol. The maximum atomic E-state index is 13.1. The molecule has 0 fully saturated rings. The molecule has 2 rings (SSSR count). The van der Waals surface area contributed by atoms with Gasteiger partial charge in [-0.05, 0) is 18.2 Å². The Hall–Kier alpha value is -1.46. The van der Waals surface area contributed by atoms with Gasteiger partial charge in [0.2, 0.25) is 5.17 Å². The second-order valence-corrected chi connectivity index (χ2v) is 7.49. The van der Waals surface area contributed by atoms with Gasteiger partial charge < -0.3 is 0 Å². The Morgan fingerprint density at radius 3 is 2.59 bits per heavy atom. The SMILES string of the molecule is CS(=O)(=O)c1ccc(NN(O)C2=NCCS2)c(C(F)(F)F)c1. The zero-order valence-electron chi connectivity index (χ0n) is 11.3. The summed E-state index contributed by atoms with van der Waals surface area (Å²) in [5.74, 6) is 0.618. The molecule has 6 nitrogen and oxygen atoms in total. The van der Waals surface area contributed by atoms with Crippen LogP contribution in [0, 0.1) is 0 Å². The highest BCUT2D eigenvalue weighted by molar-refractivity contribution is 8.14. The van der Waals surface area contributed by atoms with Crippen LogP contribution in [0.4, 0.5) is 18.9 Å². The Morgan fingerprint density at radius 1 is 1.41 bits per heavy atom. The number of rotatable bonds is 3. The summed E-state index contributed by atoms with van der Waals surface area (Å²) in [6, 6.07) is 2.50. The molecule has 0 saturated heterocycles. The van der Waals surface area contributed by atoms with Crippen molar-refractivity contribution in [2.24, 2.45) is 4.99 Å². The minimum atomic E-state index is -4.78. The number of nitrogens with one attached hydrogen (secondary N) is 1. The predicted octanol–water partition coefficient (Wildman–Crippen LogP) is 2.23. The molecule has 2 N–H and O–H groups in total. The molecule has 1 aromatic rings. The third-order valence-electron chi connectivity index (χ3n) is 2.70. The summed E-state index contributed by atoms with van der Waals surface area (Å²) in [4.78, 5) is 3.44. The number of hydrogen-bond donors (Lipinski definition) is 2. The Bertz CT molecular complexity index is 704. The van der Waals surface area contributed by atoms with Crippen LogP contribution in [-0.4, -0.2) is 42.5 Å². The molecule has 1 aliphatic heterocycles. The van der Waals surface area contributed by atoms with Crippen molar-refractivity contribution in [1.82, 2.24) is 5.17 Å². The normalized spacial score (nSPS) is 15.6. The second kappa shape index (κ2) is 5.97. The average Bonchev–Trinajstić information content (AvgIpc) is 2.90.